The van der Waals surface area contributed by atoms with Gasteiger partial charge in [0, 0.05) is 0 Å². The summed E-state index contributed by atoms with van der Waals surface area (Å²) >= 11 is 0. The average molecular weight is 154 g/mol. The molecule has 0 saturated carbocycles. The van der Waals surface area contributed by atoms with Gasteiger partial charge in [-0.1, -0.05) is 0 Å². The molecular weight excluding hydrogens is 150 g/mol. The van der Waals surface area contributed by atoms with Gasteiger partial charge in [-0.2, -0.15) is 0 Å². The predicted molar refractivity (Wildman–Crippen MR) is 24.9 cm³/mol. The minimum atomic E-state index is -1.99. The van der Waals surface area contributed by atoms with Gasteiger partial charge < -0.3 is 9.47 Å². The van der Waals surface area contributed by atoms with Crippen molar-refractivity contribution in [2.45, 2.75) is 0 Å². The lowest BCUT2D eigenvalue weighted by Gasteiger charge is -1.96. The van der Waals surface area contributed by atoms with Crippen LogP contribution in [0, 0.1) is 0 Å². The van der Waals surface area contributed by atoms with E-state index in [2.05, 4.69) is 9.47 Å². The van der Waals surface area contributed by atoms with Crippen LogP contribution in [0.3, 0.4) is 0 Å². The first-order valence-corrected chi connectivity index (χ1v) is 2.27. The van der Waals surface area contributed by atoms with Crippen LogP contribution in [0.25, 0.3) is 0 Å². The van der Waals surface area contributed by atoms with E-state index in [1.165, 1.54) is 0 Å². The Hall–Kier alpha value is -1.20. The van der Waals surface area contributed by atoms with Crippen LogP contribution in [-0.4, -0.2) is 25.7 Å². The summed E-state index contributed by atoms with van der Waals surface area (Å²) in [6.07, 6.45) is -3.98. The molecule has 0 aromatic rings. The van der Waals surface area contributed by atoms with E-state index in [1.807, 2.05) is 0 Å². The summed E-state index contributed by atoms with van der Waals surface area (Å²) in [6, 6.07) is 0. The van der Waals surface area contributed by atoms with Crippen LogP contribution in [0.5, 0.6) is 0 Å². The van der Waals surface area contributed by atoms with E-state index in [0.717, 1.165) is 0 Å². The molecule has 0 fully saturated rings. The molecular formula is C4H4F2O4. The van der Waals surface area contributed by atoms with Crippen LogP contribution < -0.4 is 0 Å². The van der Waals surface area contributed by atoms with Crippen molar-refractivity contribution >= 4 is 12.4 Å². The molecule has 0 unspecified atom stereocenters. The summed E-state index contributed by atoms with van der Waals surface area (Å²) in [7, 11) is 0. The summed E-state index contributed by atoms with van der Waals surface area (Å²) in [6.45, 7) is -0.962. The molecule has 0 rings (SSSR count). The Labute approximate surface area is 54.7 Å². The van der Waals surface area contributed by atoms with Crippen LogP contribution >= 0.6 is 0 Å². The van der Waals surface area contributed by atoms with Gasteiger partial charge in [0.2, 0.25) is 0 Å². The Kier molecular flexibility index (Phi) is 4.10. The number of ether oxygens (including phenoxy) is 2. The number of carbonyl (C=O) groups excluding carboxylic acids is 2. The van der Waals surface area contributed by atoms with Crippen molar-refractivity contribution in [2.24, 2.45) is 0 Å². The van der Waals surface area contributed by atoms with Crippen LogP contribution in [0.4, 0.5) is 18.4 Å². The van der Waals surface area contributed by atoms with Crippen LogP contribution in [0.2, 0.25) is 0 Å². The average Bonchev–Trinajstić information content (AvgIpc) is 1.79. The van der Waals surface area contributed by atoms with Gasteiger partial charge in [-0.3, -0.25) is 0 Å². The molecule has 0 spiro atoms. The van der Waals surface area contributed by atoms with E-state index in [0.29, 0.717) is 0 Å². The van der Waals surface area contributed by atoms with Gasteiger partial charge in [-0.25, -0.2) is 9.59 Å². The van der Waals surface area contributed by atoms with E-state index >= 15 is 0 Å². The molecule has 0 aliphatic rings. The SMILES string of the molecule is O=C(F)OCCOC(=O)F. The lowest BCUT2D eigenvalue weighted by molar-refractivity contribution is 0.0724. The highest BCUT2D eigenvalue weighted by molar-refractivity contribution is 5.58. The Morgan fingerprint density at radius 1 is 1.00 bits per heavy atom. The van der Waals surface area contributed by atoms with E-state index < -0.39 is 25.7 Å². The zero-order valence-electron chi connectivity index (χ0n) is 4.80. The van der Waals surface area contributed by atoms with Gasteiger partial charge in [0.25, 0.3) is 0 Å². The van der Waals surface area contributed by atoms with Gasteiger partial charge in [-0.15, -0.1) is 8.78 Å². The summed E-state index contributed by atoms with van der Waals surface area (Å²) in [5.74, 6) is 0. The predicted octanol–water partition coefficient (Wildman–Crippen LogP) is 1.20. The maximum atomic E-state index is 11.1. The fourth-order valence-electron chi connectivity index (χ4n) is 0.244. The number of halogens is 2. The summed E-state index contributed by atoms with van der Waals surface area (Å²) in [5, 5.41) is 0. The lowest BCUT2D eigenvalue weighted by atomic mass is 10.8. The zero-order valence-corrected chi connectivity index (χ0v) is 4.80. The third kappa shape index (κ3) is 6.80. The topological polar surface area (TPSA) is 52.6 Å². The van der Waals surface area contributed by atoms with Crippen molar-refractivity contribution in [3.05, 3.63) is 0 Å². The Morgan fingerprint density at radius 3 is 1.50 bits per heavy atom. The summed E-state index contributed by atoms with van der Waals surface area (Å²) in [5.41, 5.74) is 0. The molecule has 0 aromatic carbocycles. The highest BCUT2D eigenvalue weighted by Gasteiger charge is 1.99. The molecule has 0 radical (unpaired) electrons. The zero-order chi connectivity index (χ0) is 7.98. The van der Waals surface area contributed by atoms with E-state index in [-0.39, 0.29) is 0 Å². The first-order valence-electron chi connectivity index (χ1n) is 2.27. The fourth-order valence-corrected chi connectivity index (χ4v) is 0.244. The third-order valence-corrected chi connectivity index (χ3v) is 0.514. The Bertz CT molecular complexity index is 119. The number of hydrogen-bond acceptors (Lipinski definition) is 4. The van der Waals surface area contributed by atoms with Crippen molar-refractivity contribution in [1.29, 1.82) is 0 Å². The van der Waals surface area contributed by atoms with Crippen LogP contribution in [0.1, 0.15) is 0 Å². The number of carbonyl (C=O) groups is 2. The quantitative estimate of drug-likeness (QED) is 0.452. The lowest BCUT2D eigenvalue weighted by Crippen LogP contribution is -2.07. The molecule has 0 aromatic heterocycles. The fraction of sp³-hybridized carbons (Fsp3) is 0.500. The van der Waals surface area contributed by atoms with Crippen molar-refractivity contribution in [3.8, 4) is 0 Å². The summed E-state index contributed by atoms with van der Waals surface area (Å²) < 4.78 is 29.5. The van der Waals surface area contributed by atoms with Crippen LogP contribution in [0.15, 0.2) is 0 Å². The van der Waals surface area contributed by atoms with Crippen molar-refractivity contribution in [1.82, 2.24) is 0 Å². The van der Waals surface area contributed by atoms with Crippen molar-refractivity contribution in [2.75, 3.05) is 13.2 Å². The van der Waals surface area contributed by atoms with Gasteiger partial charge >= 0.3 is 12.4 Å². The molecule has 0 heterocycles. The number of rotatable bonds is 3. The molecule has 0 saturated heterocycles. The maximum Gasteiger partial charge on any atom is 0.495 e. The molecule has 0 atom stereocenters. The van der Waals surface area contributed by atoms with Crippen molar-refractivity contribution < 1.29 is 27.8 Å². The molecule has 4 nitrogen and oxygen atoms in total. The van der Waals surface area contributed by atoms with Gasteiger partial charge in [0.15, 0.2) is 0 Å². The highest BCUT2D eigenvalue weighted by atomic mass is 19.2. The van der Waals surface area contributed by atoms with Crippen molar-refractivity contribution in [3.63, 3.8) is 0 Å². The molecule has 0 aliphatic carbocycles. The molecule has 10 heavy (non-hydrogen) atoms. The first kappa shape index (κ1) is 8.80. The highest BCUT2D eigenvalue weighted by Crippen LogP contribution is 1.85. The first-order chi connectivity index (χ1) is 4.63. The normalized spacial score (nSPS) is 8.60. The van der Waals surface area contributed by atoms with Gasteiger partial charge in [-0.05, 0) is 0 Å². The van der Waals surface area contributed by atoms with E-state index in [9.17, 15) is 18.4 Å². The molecule has 58 valence electrons. The largest absolute Gasteiger partial charge is 0.495 e. The smallest absolute Gasteiger partial charge is 0.437 e. The minimum absolute atomic E-state index is 0.481. The molecule has 0 amide bonds. The standard InChI is InChI=1S/C4H4F2O4/c5-3(7)9-1-2-10-4(6)8/h1-2H2. The van der Waals surface area contributed by atoms with E-state index in [4.69, 9.17) is 0 Å². The second-order valence-electron chi connectivity index (χ2n) is 1.17. The molecule has 0 aliphatic heterocycles. The second kappa shape index (κ2) is 4.66. The van der Waals surface area contributed by atoms with Gasteiger partial charge in [0.1, 0.15) is 13.2 Å². The Morgan fingerprint density at radius 2 is 1.30 bits per heavy atom. The third-order valence-electron chi connectivity index (χ3n) is 0.514. The van der Waals surface area contributed by atoms with Crippen LogP contribution in [-0.2, 0) is 9.47 Å². The minimum Gasteiger partial charge on any atom is -0.437 e. The summed E-state index contributed by atoms with van der Waals surface area (Å²) in [4.78, 5) is 18.7. The van der Waals surface area contributed by atoms with Gasteiger partial charge in [0.05, 0.1) is 0 Å². The molecule has 0 bridgehead atoms. The van der Waals surface area contributed by atoms with E-state index in [1.54, 1.807) is 0 Å². The number of hydrogen-bond donors (Lipinski definition) is 0. The molecule has 6 heteroatoms. The monoisotopic (exact) mass is 154 g/mol. The second-order valence-corrected chi connectivity index (χ2v) is 1.17. The molecule has 0 N–H and O–H groups in total. The maximum absolute atomic E-state index is 11.1. The Balaban J connectivity index is 3.06.